The number of methoxy groups -OCH3 is 1. The van der Waals surface area contributed by atoms with Crippen molar-refractivity contribution in [2.75, 3.05) is 7.11 Å². The Hall–Kier alpha value is -1.22. The Morgan fingerprint density at radius 1 is 1.42 bits per heavy atom. The van der Waals surface area contributed by atoms with Gasteiger partial charge in [0.15, 0.2) is 0 Å². The molecule has 1 N–H and O–H groups in total. The van der Waals surface area contributed by atoms with E-state index in [-0.39, 0.29) is 0 Å². The van der Waals surface area contributed by atoms with E-state index in [0.29, 0.717) is 5.75 Å². The van der Waals surface area contributed by atoms with Gasteiger partial charge in [0.25, 0.3) is 0 Å². The minimum Gasteiger partial charge on any atom is -0.506 e. The lowest BCUT2D eigenvalue weighted by Gasteiger charge is -1.99. The van der Waals surface area contributed by atoms with Crippen LogP contribution in [0.5, 0.6) is 11.5 Å². The summed E-state index contributed by atoms with van der Waals surface area (Å²) in [4.78, 5) is 0. The monoisotopic (exact) mass is 180 g/mol. The van der Waals surface area contributed by atoms with Crippen LogP contribution in [0.2, 0.25) is 0 Å². The smallest absolute Gasteiger partial charge is 0.136 e. The number of thiophene rings is 1. The lowest BCUT2D eigenvalue weighted by atomic mass is 10.2. The predicted octanol–water partition coefficient (Wildman–Crippen LogP) is 2.62. The summed E-state index contributed by atoms with van der Waals surface area (Å²) >= 11 is 1.49. The minimum absolute atomic E-state index is 0.328. The Morgan fingerprint density at radius 3 is 3.00 bits per heavy atom. The van der Waals surface area contributed by atoms with Gasteiger partial charge in [-0.1, -0.05) is 6.07 Å². The Kier molecular flexibility index (Phi) is 1.66. The topological polar surface area (TPSA) is 29.5 Å². The number of rotatable bonds is 1. The molecule has 0 unspecified atom stereocenters. The molecule has 0 fully saturated rings. The van der Waals surface area contributed by atoms with E-state index in [0.717, 1.165) is 15.8 Å². The second-order valence-electron chi connectivity index (χ2n) is 2.46. The van der Waals surface area contributed by atoms with Crippen molar-refractivity contribution < 1.29 is 9.84 Å². The molecule has 0 amide bonds. The first-order valence-corrected chi connectivity index (χ1v) is 4.44. The van der Waals surface area contributed by atoms with Crippen LogP contribution in [0, 0.1) is 0 Å². The third-order valence-electron chi connectivity index (χ3n) is 1.76. The summed E-state index contributed by atoms with van der Waals surface area (Å²) in [5.41, 5.74) is 0. The van der Waals surface area contributed by atoms with E-state index in [1.165, 1.54) is 11.3 Å². The summed E-state index contributed by atoms with van der Waals surface area (Å²) in [5, 5.41) is 12.0. The highest BCUT2D eigenvalue weighted by Gasteiger charge is 2.05. The van der Waals surface area contributed by atoms with Gasteiger partial charge in [-0.3, -0.25) is 0 Å². The molecule has 0 atom stereocenters. The third kappa shape index (κ3) is 0.940. The van der Waals surface area contributed by atoms with Gasteiger partial charge in [-0.2, -0.15) is 0 Å². The molecule has 2 aromatic rings. The molecule has 62 valence electrons. The first-order valence-electron chi connectivity index (χ1n) is 3.56. The number of fused-ring (bicyclic) bond motifs is 1. The molecule has 0 saturated heterocycles. The number of aromatic hydroxyl groups is 1. The van der Waals surface area contributed by atoms with E-state index in [4.69, 9.17) is 4.74 Å². The molecule has 0 aliphatic carbocycles. The molecule has 1 aromatic heterocycles. The van der Waals surface area contributed by atoms with Crippen LogP contribution in [0.4, 0.5) is 0 Å². The SMILES string of the molecule is COc1cccc2c(O)csc12. The Bertz CT molecular complexity index is 406. The van der Waals surface area contributed by atoms with Gasteiger partial charge in [-0.15, -0.1) is 11.3 Å². The van der Waals surface area contributed by atoms with Crippen molar-refractivity contribution >= 4 is 21.4 Å². The van der Waals surface area contributed by atoms with E-state index in [1.807, 2.05) is 18.2 Å². The number of ether oxygens (including phenoxy) is 1. The fourth-order valence-corrected chi connectivity index (χ4v) is 2.10. The number of hydrogen-bond acceptors (Lipinski definition) is 3. The van der Waals surface area contributed by atoms with Crippen molar-refractivity contribution in [3.05, 3.63) is 23.6 Å². The normalized spacial score (nSPS) is 10.4. The van der Waals surface area contributed by atoms with Crippen molar-refractivity contribution in [3.8, 4) is 11.5 Å². The molecule has 3 heteroatoms. The van der Waals surface area contributed by atoms with Gasteiger partial charge < -0.3 is 9.84 Å². The fraction of sp³-hybridized carbons (Fsp3) is 0.111. The summed E-state index contributed by atoms with van der Waals surface area (Å²) in [6, 6.07) is 5.63. The summed E-state index contributed by atoms with van der Waals surface area (Å²) < 4.78 is 6.14. The van der Waals surface area contributed by atoms with Gasteiger partial charge in [0.1, 0.15) is 11.5 Å². The van der Waals surface area contributed by atoms with Crippen LogP contribution >= 0.6 is 11.3 Å². The molecule has 1 heterocycles. The average molecular weight is 180 g/mol. The maximum atomic E-state index is 9.39. The fourth-order valence-electron chi connectivity index (χ4n) is 1.18. The highest BCUT2D eigenvalue weighted by Crippen LogP contribution is 2.36. The van der Waals surface area contributed by atoms with Crippen molar-refractivity contribution in [3.63, 3.8) is 0 Å². The van der Waals surface area contributed by atoms with Crippen molar-refractivity contribution in [1.29, 1.82) is 0 Å². The Morgan fingerprint density at radius 2 is 2.25 bits per heavy atom. The Labute approximate surface area is 74.0 Å². The zero-order valence-electron chi connectivity index (χ0n) is 6.57. The molecular formula is C9H8O2S. The van der Waals surface area contributed by atoms with Crippen LogP contribution in [0.3, 0.4) is 0 Å². The molecule has 0 bridgehead atoms. The minimum atomic E-state index is 0.328. The van der Waals surface area contributed by atoms with E-state index < -0.39 is 0 Å². The summed E-state index contributed by atoms with van der Waals surface area (Å²) in [6.07, 6.45) is 0. The third-order valence-corrected chi connectivity index (χ3v) is 2.76. The van der Waals surface area contributed by atoms with Crippen LogP contribution in [0.25, 0.3) is 10.1 Å². The molecular weight excluding hydrogens is 172 g/mol. The van der Waals surface area contributed by atoms with Crippen LogP contribution in [0.1, 0.15) is 0 Å². The average Bonchev–Trinajstić information content (AvgIpc) is 2.48. The summed E-state index contributed by atoms with van der Waals surface area (Å²) in [5.74, 6) is 1.15. The molecule has 0 aliphatic heterocycles. The first kappa shape index (κ1) is 7.43. The van der Waals surface area contributed by atoms with Gasteiger partial charge in [-0.25, -0.2) is 0 Å². The standard InChI is InChI=1S/C9H8O2S/c1-11-8-4-2-3-6-7(10)5-12-9(6)8/h2-5,10H,1H3. The van der Waals surface area contributed by atoms with Gasteiger partial charge in [0, 0.05) is 10.8 Å². The van der Waals surface area contributed by atoms with E-state index >= 15 is 0 Å². The first-order chi connectivity index (χ1) is 5.83. The van der Waals surface area contributed by atoms with E-state index in [9.17, 15) is 5.11 Å². The number of hydrogen-bond donors (Lipinski definition) is 1. The van der Waals surface area contributed by atoms with E-state index in [1.54, 1.807) is 12.5 Å². The molecule has 2 rings (SSSR count). The highest BCUT2D eigenvalue weighted by molar-refractivity contribution is 7.18. The lowest BCUT2D eigenvalue weighted by Crippen LogP contribution is -1.80. The molecule has 0 spiro atoms. The Balaban J connectivity index is 2.81. The van der Waals surface area contributed by atoms with E-state index in [2.05, 4.69) is 0 Å². The second kappa shape index (κ2) is 2.68. The summed E-state index contributed by atoms with van der Waals surface area (Å²) in [6.45, 7) is 0. The predicted molar refractivity (Wildman–Crippen MR) is 50.0 cm³/mol. The van der Waals surface area contributed by atoms with Crippen molar-refractivity contribution in [2.24, 2.45) is 0 Å². The highest BCUT2D eigenvalue weighted by atomic mass is 32.1. The zero-order valence-corrected chi connectivity index (χ0v) is 7.39. The van der Waals surface area contributed by atoms with Gasteiger partial charge >= 0.3 is 0 Å². The van der Waals surface area contributed by atoms with Gasteiger partial charge in [0.05, 0.1) is 11.8 Å². The van der Waals surface area contributed by atoms with Gasteiger partial charge in [0.2, 0.25) is 0 Å². The second-order valence-corrected chi connectivity index (χ2v) is 3.34. The summed E-state index contributed by atoms with van der Waals surface area (Å²) in [7, 11) is 1.63. The molecule has 0 aliphatic rings. The maximum Gasteiger partial charge on any atom is 0.136 e. The number of benzene rings is 1. The van der Waals surface area contributed by atoms with Crippen LogP contribution in [0.15, 0.2) is 23.6 Å². The molecule has 12 heavy (non-hydrogen) atoms. The molecule has 2 nitrogen and oxygen atoms in total. The maximum absolute atomic E-state index is 9.39. The molecule has 0 radical (unpaired) electrons. The van der Waals surface area contributed by atoms with Crippen LogP contribution in [-0.4, -0.2) is 12.2 Å². The molecule has 0 saturated carbocycles. The van der Waals surface area contributed by atoms with Crippen LogP contribution in [-0.2, 0) is 0 Å². The van der Waals surface area contributed by atoms with Crippen molar-refractivity contribution in [1.82, 2.24) is 0 Å². The quantitative estimate of drug-likeness (QED) is 0.731. The van der Waals surface area contributed by atoms with Crippen LogP contribution < -0.4 is 4.74 Å². The van der Waals surface area contributed by atoms with Gasteiger partial charge in [-0.05, 0) is 12.1 Å². The largest absolute Gasteiger partial charge is 0.506 e. The lowest BCUT2D eigenvalue weighted by molar-refractivity contribution is 0.420. The zero-order chi connectivity index (χ0) is 8.55. The molecule has 1 aromatic carbocycles. The van der Waals surface area contributed by atoms with Crippen molar-refractivity contribution in [2.45, 2.75) is 0 Å².